The Morgan fingerprint density at radius 1 is 1.43 bits per heavy atom. The normalized spacial score (nSPS) is 10.4. The van der Waals surface area contributed by atoms with Crippen LogP contribution < -0.4 is 0 Å². The summed E-state index contributed by atoms with van der Waals surface area (Å²) in [7, 11) is 0. The standard InChI is InChI=1S/C10H5BrClNS/c11-9-2-6-1-8(4-12)14-10(6)3-7(9)5-13/h1-3H,4H2. The summed E-state index contributed by atoms with van der Waals surface area (Å²) in [6.07, 6.45) is 0. The van der Waals surface area contributed by atoms with E-state index in [1.165, 1.54) is 0 Å². The molecule has 0 N–H and O–H groups in total. The molecule has 1 heterocycles. The Bertz CT molecular complexity index is 527. The average Bonchev–Trinajstić information content (AvgIpc) is 2.58. The number of hydrogen-bond donors (Lipinski definition) is 0. The van der Waals surface area contributed by atoms with Crippen LogP contribution in [0.25, 0.3) is 10.1 Å². The summed E-state index contributed by atoms with van der Waals surface area (Å²) in [5.74, 6) is 0.527. The molecule has 0 bridgehead atoms. The van der Waals surface area contributed by atoms with Crippen LogP contribution in [0.5, 0.6) is 0 Å². The summed E-state index contributed by atoms with van der Waals surface area (Å²) >= 11 is 10.7. The summed E-state index contributed by atoms with van der Waals surface area (Å²) < 4.78 is 1.95. The predicted molar refractivity (Wildman–Crippen MR) is 63.8 cm³/mol. The van der Waals surface area contributed by atoms with Gasteiger partial charge in [0.1, 0.15) is 6.07 Å². The number of hydrogen-bond acceptors (Lipinski definition) is 2. The Morgan fingerprint density at radius 3 is 2.86 bits per heavy atom. The molecule has 0 saturated heterocycles. The highest BCUT2D eigenvalue weighted by molar-refractivity contribution is 9.10. The molecule has 0 radical (unpaired) electrons. The molecule has 0 aliphatic carbocycles. The van der Waals surface area contributed by atoms with Crippen LogP contribution in [0.15, 0.2) is 22.7 Å². The molecule has 0 fully saturated rings. The highest BCUT2D eigenvalue weighted by atomic mass is 79.9. The lowest BCUT2D eigenvalue weighted by molar-refractivity contribution is 1.48. The Labute approximate surface area is 99.0 Å². The van der Waals surface area contributed by atoms with E-state index in [1.54, 1.807) is 11.3 Å². The molecule has 2 rings (SSSR count). The summed E-state index contributed by atoms with van der Waals surface area (Å²) in [6.45, 7) is 0. The van der Waals surface area contributed by atoms with E-state index in [9.17, 15) is 0 Å². The van der Waals surface area contributed by atoms with Crippen LogP contribution in [0.3, 0.4) is 0 Å². The molecule has 0 aliphatic rings. The van der Waals surface area contributed by atoms with Crippen molar-refractivity contribution < 1.29 is 0 Å². The molecule has 0 spiro atoms. The second kappa shape index (κ2) is 3.90. The quantitative estimate of drug-likeness (QED) is 0.718. The minimum Gasteiger partial charge on any atom is -0.192 e. The van der Waals surface area contributed by atoms with Gasteiger partial charge in [-0.1, -0.05) is 0 Å². The lowest BCUT2D eigenvalue weighted by Gasteiger charge is -1.94. The molecule has 14 heavy (non-hydrogen) atoms. The Hall–Kier alpha value is -0.560. The van der Waals surface area contributed by atoms with Gasteiger partial charge in [0.15, 0.2) is 0 Å². The highest BCUT2D eigenvalue weighted by Gasteiger charge is 2.05. The first-order valence-electron chi connectivity index (χ1n) is 3.92. The smallest absolute Gasteiger partial charge is 0.100 e. The van der Waals surface area contributed by atoms with Crippen LogP contribution in [0, 0.1) is 11.3 Å². The molecular weight excluding hydrogens is 282 g/mol. The van der Waals surface area contributed by atoms with E-state index in [0.717, 1.165) is 19.4 Å². The highest BCUT2D eigenvalue weighted by Crippen LogP contribution is 2.31. The molecule has 0 aliphatic heterocycles. The van der Waals surface area contributed by atoms with Crippen LogP contribution in [0.1, 0.15) is 10.4 Å². The van der Waals surface area contributed by atoms with E-state index >= 15 is 0 Å². The van der Waals surface area contributed by atoms with Gasteiger partial charge in [0.25, 0.3) is 0 Å². The molecule has 0 amide bonds. The third-order valence-electron chi connectivity index (χ3n) is 1.91. The van der Waals surface area contributed by atoms with Gasteiger partial charge in [-0.05, 0) is 39.5 Å². The molecular formula is C10H5BrClNS. The van der Waals surface area contributed by atoms with Crippen molar-refractivity contribution in [1.82, 2.24) is 0 Å². The predicted octanol–water partition coefficient (Wildman–Crippen LogP) is 4.27. The summed E-state index contributed by atoms with van der Waals surface area (Å²) in [4.78, 5) is 1.13. The van der Waals surface area contributed by atoms with Crippen molar-refractivity contribution >= 4 is 49.0 Å². The maximum atomic E-state index is 8.84. The van der Waals surface area contributed by atoms with Crippen molar-refractivity contribution in [3.8, 4) is 6.07 Å². The number of fused-ring (bicyclic) bond motifs is 1. The lowest BCUT2D eigenvalue weighted by atomic mass is 10.2. The molecule has 1 aromatic heterocycles. The van der Waals surface area contributed by atoms with Crippen LogP contribution >= 0.6 is 38.9 Å². The summed E-state index contributed by atoms with van der Waals surface area (Å²) in [5, 5.41) is 9.98. The van der Waals surface area contributed by atoms with Crippen molar-refractivity contribution in [2.75, 3.05) is 0 Å². The number of thiophene rings is 1. The van der Waals surface area contributed by atoms with E-state index in [4.69, 9.17) is 16.9 Å². The van der Waals surface area contributed by atoms with Gasteiger partial charge in [0.2, 0.25) is 0 Å². The topological polar surface area (TPSA) is 23.8 Å². The molecule has 0 atom stereocenters. The third-order valence-corrected chi connectivity index (χ3v) is 4.11. The van der Waals surface area contributed by atoms with Gasteiger partial charge in [0.05, 0.1) is 11.4 Å². The lowest BCUT2D eigenvalue weighted by Crippen LogP contribution is -1.75. The van der Waals surface area contributed by atoms with Gasteiger partial charge in [-0.3, -0.25) is 0 Å². The van der Waals surface area contributed by atoms with Gasteiger partial charge in [-0.2, -0.15) is 5.26 Å². The van der Waals surface area contributed by atoms with E-state index in [-0.39, 0.29) is 0 Å². The van der Waals surface area contributed by atoms with Gasteiger partial charge < -0.3 is 0 Å². The molecule has 2 aromatic rings. The van der Waals surface area contributed by atoms with Gasteiger partial charge in [-0.25, -0.2) is 0 Å². The zero-order valence-corrected chi connectivity index (χ0v) is 10.2. The molecule has 1 aromatic carbocycles. The average molecular weight is 287 g/mol. The first-order chi connectivity index (χ1) is 6.74. The van der Waals surface area contributed by atoms with Crippen LogP contribution in [-0.4, -0.2) is 0 Å². The number of benzene rings is 1. The van der Waals surface area contributed by atoms with Crippen molar-refractivity contribution in [3.63, 3.8) is 0 Å². The SMILES string of the molecule is N#Cc1cc2sc(CCl)cc2cc1Br. The van der Waals surface area contributed by atoms with E-state index in [2.05, 4.69) is 28.1 Å². The number of halogens is 2. The van der Waals surface area contributed by atoms with E-state index in [0.29, 0.717) is 11.4 Å². The monoisotopic (exact) mass is 285 g/mol. The van der Waals surface area contributed by atoms with Crippen molar-refractivity contribution in [1.29, 1.82) is 5.26 Å². The maximum absolute atomic E-state index is 8.84. The second-order valence-corrected chi connectivity index (χ2v) is 5.12. The molecule has 1 nitrogen and oxygen atoms in total. The fraction of sp³-hybridized carbons (Fsp3) is 0.100. The first kappa shape index (κ1) is 9.97. The van der Waals surface area contributed by atoms with Crippen LogP contribution in [-0.2, 0) is 5.88 Å². The minimum absolute atomic E-state index is 0.527. The van der Waals surface area contributed by atoms with Crippen LogP contribution in [0.4, 0.5) is 0 Å². The molecule has 0 unspecified atom stereocenters. The number of rotatable bonds is 1. The molecule has 70 valence electrons. The van der Waals surface area contributed by atoms with E-state index in [1.807, 2.05) is 12.1 Å². The first-order valence-corrected chi connectivity index (χ1v) is 6.07. The van der Waals surface area contributed by atoms with Crippen LogP contribution in [0.2, 0.25) is 0 Å². The zero-order valence-electron chi connectivity index (χ0n) is 7.05. The van der Waals surface area contributed by atoms with Crippen molar-refractivity contribution in [2.24, 2.45) is 0 Å². The van der Waals surface area contributed by atoms with Gasteiger partial charge in [0, 0.05) is 14.0 Å². The Balaban J connectivity index is 2.71. The second-order valence-electron chi connectivity index (χ2n) is 2.83. The fourth-order valence-electron chi connectivity index (χ4n) is 1.27. The van der Waals surface area contributed by atoms with E-state index < -0.39 is 0 Å². The Morgan fingerprint density at radius 2 is 2.21 bits per heavy atom. The number of alkyl halides is 1. The van der Waals surface area contributed by atoms with Crippen molar-refractivity contribution in [3.05, 3.63) is 33.1 Å². The van der Waals surface area contributed by atoms with Gasteiger partial charge in [-0.15, -0.1) is 22.9 Å². The van der Waals surface area contributed by atoms with Crippen molar-refractivity contribution in [2.45, 2.75) is 5.88 Å². The summed E-state index contributed by atoms with van der Waals surface area (Å²) in [5.41, 5.74) is 0.667. The fourth-order valence-corrected chi connectivity index (χ4v) is 2.89. The minimum atomic E-state index is 0.527. The molecule has 0 saturated carbocycles. The zero-order chi connectivity index (χ0) is 10.1. The Kier molecular flexibility index (Phi) is 2.78. The van der Waals surface area contributed by atoms with Gasteiger partial charge >= 0.3 is 0 Å². The summed E-state index contributed by atoms with van der Waals surface area (Å²) in [6, 6.07) is 8.04. The largest absolute Gasteiger partial charge is 0.192 e. The molecule has 4 heteroatoms. The third kappa shape index (κ3) is 1.66. The number of nitriles is 1. The maximum Gasteiger partial charge on any atom is 0.100 e. The number of nitrogens with zero attached hydrogens (tertiary/aromatic N) is 1.